The van der Waals surface area contributed by atoms with Crippen molar-refractivity contribution in [1.82, 2.24) is 19.2 Å². The van der Waals surface area contributed by atoms with E-state index in [9.17, 15) is 13.2 Å². The minimum atomic E-state index is -3.52. The molecule has 0 saturated carbocycles. The maximum atomic E-state index is 12.7. The molecule has 1 atom stereocenters. The molecule has 2 aliphatic rings. The number of aromatic nitrogens is 2. The Morgan fingerprint density at radius 3 is 2.69 bits per heavy atom. The molecule has 2 fully saturated rings. The second-order valence-electron chi connectivity index (χ2n) is 7.82. The highest BCUT2D eigenvalue weighted by Crippen LogP contribution is 2.26. The van der Waals surface area contributed by atoms with Gasteiger partial charge in [0.2, 0.25) is 11.8 Å². The highest BCUT2D eigenvalue weighted by atomic mass is 32.2. The third-order valence-corrected chi connectivity index (χ3v) is 9.11. The normalized spacial score (nSPS) is 20.3. The first-order valence-corrected chi connectivity index (χ1v) is 12.8. The number of rotatable bonds is 6. The lowest BCUT2D eigenvalue weighted by Gasteiger charge is -2.36. The summed E-state index contributed by atoms with van der Waals surface area (Å²) in [5, 5.41) is 1.74. The van der Waals surface area contributed by atoms with Crippen molar-refractivity contribution in [3.63, 3.8) is 0 Å². The molecular weight excluding hydrogens is 454 g/mol. The van der Waals surface area contributed by atoms with Gasteiger partial charge in [0.1, 0.15) is 10.3 Å². The van der Waals surface area contributed by atoms with Gasteiger partial charge in [-0.25, -0.2) is 18.2 Å². The number of piperidine rings is 1. The molecule has 4 heterocycles. The van der Waals surface area contributed by atoms with Crippen LogP contribution in [0.2, 0.25) is 0 Å². The van der Waals surface area contributed by atoms with E-state index in [-0.39, 0.29) is 12.6 Å². The van der Waals surface area contributed by atoms with Crippen LogP contribution in [0.3, 0.4) is 0 Å². The van der Waals surface area contributed by atoms with Crippen molar-refractivity contribution in [1.29, 1.82) is 0 Å². The lowest BCUT2D eigenvalue weighted by atomic mass is 10.0. The first kappa shape index (κ1) is 22.7. The van der Waals surface area contributed by atoms with Crippen molar-refractivity contribution >= 4 is 33.4 Å². The molecule has 0 radical (unpaired) electrons. The Morgan fingerprint density at radius 1 is 1.22 bits per heavy atom. The summed E-state index contributed by atoms with van der Waals surface area (Å²) in [5.41, 5.74) is 0. The fourth-order valence-corrected chi connectivity index (χ4v) is 6.61. The van der Waals surface area contributed by atoms with E-state index in [1.165, 1.54) is 15.6 Å². The van der Waals surface area contributed by atoms with Gasteiger partial charge in [0.25, 0.3) is 10.0 Å². The predicted octanol–water partition coefficient (Wildman–Crippen LogP) is 2.05. The van der Waals surface area contributed by atoms with Crippen LogP contribution in [0.25, 0.3) is 0 Å². The molecule has 0 aromatic carbocycles. The van der Waals surface area contributed by atoms with Crippen molar-refractivity contribution in [2.45, 2.75) is 35.6 Å². The van der Waals surface area contributed by atoms with Gasteiger partial charge in [0, 0.05) is 45.0 Å². The fourth-order valence-electron chi connectivity index (χ4n) is 3.98. The smallest absolute Gasteiger partial charge is 0.410 e. The van der Waals surface area contributed by atoms with Gasteiger partial charge in [-0.2, -0.15) is 9.29 Å². The molecule has 0 spiro atoms. The van der Waals surface area contributed by atoms with Crippen molar-refractivity contribution in [3.8, 4) is 5.88 Å². The van der Waals surface area contributed by atoms with Gasteiger partial charge in [0.05, 0.1) is 13.7 Å². The maximum absolute atomic E-state index is 12.7. The molecule has 2 aliphatic heterocycles. The molecule has 0 aliphatic carbocycles. The monoisotopic (exact) mass is 481 g/mol. The molecule has 2 saturated heterocycles. The average molecular weight is 482 g/mol. The number of methoxy groups -OCH3 is 1. The minimum absolute atomic E-state index is 0.0386. The Labute approximate surface area is 191 Å². The van der Waals surface area contributed by atoms with E-state index in [4.69, 9.17) is 9.47 Å². The van der Waals surface area contributed by atoms with Crippen LogP contribution in [-0.4, -0.2) is 86.2 Å². The van der Waals surface area contributed by atoms with Gasteiger partial charge in [-0.15, -0.1) is 11.3 Å². The van der Waals surface area contributed by atoms with Crippen LogP contribution in [0.5, 0.6) is 5.88 Å². The van der Waals surface area contributed by atoms with Crippen molar-refractivity contribution in [2.24, 2.45) is 0 Å². The van der Waals surface area contributed by atoms with Gasteiger partial charge < -0.3 is 19.3 Å². The number of nitrogens with zero attached hydrogens (tertiary/aromatic N) is 5. The number of sulfonamides is 1. The molecule has 1 unspecified atom stereocenters. The average Bonchev–Trinajstić information content (AvgIpc) is 3.52. The molecule has 12 heteroatoms. The van der Waals surface area contributed by atoms with E-state index < -0.39 is 22.2 Å². The molecule has 2 aromatic heterocycles. The van der Waals surface area contributed by atoms with Crippen LogP contribution in [0, 0.1) is 0 Å². The van der Waals surface area contributed by atoms with Crippen LogP contribution in [0.1, 0.15) is 19.3 Å². The third kappa shape index (κ3) is 4.81. The molecule has 4 rings (SSSR count). The summed E-state index contributed by atoms with van der Waals surface area (Å²) in [7, 11) is -0.216. The highest BCUT2D eigenvalue weighted by Gasteiger charge is 2.36. The van der Waals surface area contributed by atoms with Gasteiger partial charge in [-0.3, -0.25) is 0 Å². The molecule has 0 N–H and O–H groups in total. The van der Waals surface area contributed by atoms with Crippen molar-refractivity contribution < 1.29 is 22.7 Å². The largest absolute Gasteiger partial charge is 0.481 e. The Hall–Kier alpha value is -2.44. The standard InChI is InChI=1S/C20H27N5O5S2/c1-23(15-6-10-24(11-7-15)19-21-9-5-17(22-19)29-2)20(26)30-16-8-12-25(14-16)32(27,28)18-4-3-13-31-18/h3-5,9,13,15-16H,6-8,10-12,14H2,1-2H3. The van der Waals surface area contributed by atoms with Crippen molar-refractivity contribution in [2.75, 3.05) is 45.2 Å². The number of carbonyl (C=O) groups is 1. The highest BCUT2D eigenvalue weighted by molar-refractivity contribution is 7.91. The predicted molar refractivity (Wildman–Crippen MR) is 120 cm³/mol. The Bertz CT molecular complexity index is 1020. The number of anilines is 1. The lowest BCUT2D eigenvalue weighted by Crippen LogP contribution is -2.47. The van der Waals surface area contributed by atoms with E-state index in [1.807, 2.05) is 0 Å². The van der Waals surface area contributed by atoms with Gasteiger partial charge in [0.15, 0.2) is 0 Å². The summed E-state index contributed by atoms with van der Waals surface area (Å²) in [6.45, 7) is 1.96. The van der Waals surface area contributed by atoms with Crippen LogP contribution in [0.15, 0.2) is 34.0 Å². The quantitative estimate of drug-likeness (QED) is 0.617. The zero-order valence-corrected chi connectivity index (χ0v) is 19.7. The van der Waals surface area contributed by atoms with E-state index in [1.54, 1.807) is 48.8 Å². The summed E-state index contributed by atoms with van der Waals surface area (Å²) >= 11 is 1.19. The first-order chi connectivity index (χ1) is 15.4. The number of hydrogen-bond acceptors (Lipinski definition) is 9. The van der Waals surface area contributed by atoms with Crippen LogP contribution < -0.4 is 9.64 Å². The number of amides is 1. The molecule has 32 heavy (non-hydrogen) atoms. The van der Waals surface area contributed by atoms with Crippen LogP contribution >= 0.6 is 11.3 Å². The molecule has 174 valence electrons. The number of carbonyl (C=O) groups excluding carboxylic acids is 1. The summed E-state index contributed by atoms with van der Waals surface area (Å²) < 4.78 is 37.8. The van der Waals surface area contributed by atoms with Crippen molar-refractivity contribution in [3.05, 3.63) is 29.8 Å². The molecule has 10 nitrogen and oxygen atoms in total. The maximum Gasteiger partial charge on any atom is 0.410 e. The first-order valence-electron chi connectivity index (χ1n) is 10.5. The minimum Gasteiger partial charge on any atom is -0.481 e. The lowest BCUT2D eigenvalue weighted by molar-refractivity contribution is 0.0607. The molecule has 1 amide bonds. The molecular formula is C20H27N5O5S2. The Morgan fingerprint density at radius 2 is 2.00 bits per heavy atom. The Balaban J connectivity index is 1.27. The third-order valence-electron chi connectivity index (χ3n) is 5.87. The Kier molecular flexibility index (Phi) is 6.82. The van der Waals surface area contributed by atoms with E-state index >= 15 is 0 Å². The molecule has 2 aromatic rings. The number of thiophene rings is 1. The zero-order valence-electron chi connectivity index (χ0n) is 18.1. The molecule has 0 bridgehead atoms. The number of hydrogen-bond donors (Lipinski definition) is 0. The second kappa shape index (κ2) is 9.59. The van der Waals surface area contributed by atoms with Crippen LogP contribution in [0.4, 0.5) is 10.7 Å². The van der Waals surface area contributed by atoms with Gasteiger partial charge in [-0.05, 0) is 30.7 Å². The summed E-state index contributed by atoms with van der Waals surface area (Å²) in [5.74, 6) is 1.13. The van der Waals surface area contributed by atoms with Gasteiger partial charge in [-0.1, -0.05) is 6.07 Å². The summed E-state index contributed by atoms with van der Waals surface area (Å²) in [4.78, 5) is 25.1. The SMILES string of the molecule is COc1ccnc(N2CCC(N(C)C(=O)OC3CCN(S(=O)(=O)c4cccs4)C3)CC2)n1. The van der Waals surface area contributed by atoms with E-state index in [0.29, 0.717) is 42.1 Å². The number of ether oxygens (including phenoxy) is 2. The summed E-state index contributed by atoms with van der Waals surface area (Å²) in [6.07, 6.45) is 2.83. The summed E-state index contributed by atoms with van der Waals surface area (Å²) in [6, 6.07) is 5.05. The second-order valence-corrected chi connectivity index (χ2v) is 10.9. The van der Waals surface area contributed by atoms with E-state index in [2.05, 4.69) is 14.9 Å². The van der Waals surface area contributed by atoms with Gasteiger partial charge >= 0.3 is 6.09 Å². The van der Waals surface area contributed by atoms with Crippen LogP contribution in [-0.2, 0) is 14.8 Å². The topological polar surface area (TPSA) is 105 Å². The zero-order chi connectivity index (χ0) is 22.7. The fraction of sp³-hybridized carbons (Fsp3) is 0.550. The van der Waals surface area contributed by atoms with E-state index in [0.717, 1.165) is 12.8 Å².